The monoisotopic (exact) mass is 767 g/mol. The van der Waals surface area contributed by atoms with Crippen molar-refractivity contribution in [2.75, 3.05) is 13.2 Å². The van der Waals surface area contributed by atoms with Crippen LogP contribution in [0.15, 0.2) is 72.9 Å². The van der Waals surface area contributed by atoms with Crippen molar-refractivity contribution in [3.05, 3.63) is 72.9 Å². The summed E-state index contributed by atoms with van der Waals surface area (Å²) >= 11 is 0. The second-order valence-electron chi connectivity index (χ2n) is 14.6. The van der Waals surface area contributed by atoms with Crippen molar-refractivity contribution in [1.82, 2.24) is 0 Å². The van der Waals surface area contributed by atoms with Crippen molar-refractivity contribution in [3.8, 4) is 0 Å². The minimum Gasteiger partial charge on any atom is -0.462 e. The third-order valence-electron chi connectivity index (χ3n) is 9.20. The molecule has 6 nitrogen and oxygen atoms in total. The van der Waals surface area contributed by atoms with Gasteiger partial charge in [-0.05, 0) is 83.5 Å². The van der Waals surface area contributed by atoms with Gasteiger partial charge in [0.15, 0.2) is 6.10 Å². The minimum absolute atomic E-state index is 0.109. The second kappa shape index (κ2) is 43.6. The first-order chi connectivity index (χ1) is 27.0. The first-order valence-electron chi connectivity index (χ1n) is 22.4. The van der Waals surface area contributed by atoms with Gasteiger partial charge in [-0.25, -0.2) is 0 Å². The predicted molar refractivity (Wildman–Crippen MR) is 233 cm³/mol. The first-order valence-corrected chi connectivity index (χ1v) is 22.4. The fourth-order valence-electron chi connectivity index (χ4n) is 5.82. The molecule has 0 saturated heterocycles. The summed E-state index contributed by atoms with van der Waals surface area (Å²) in [5, 5.41) is 0. The van der Waals surface area contributed by atoms with Crippen molar-refractivity contribution < 1.29 is 28.6 Å². The number of carbonyl (C=O) groups is 3. The van der Waals surface area contributed by atoms with Gasteiger partial charge < -0.3 is 14.2 Å². The maximum atomic E-state index is 12.7. The zero-order valence-electron chi connectivity index (χ0n) is 35.7. The van der Waals surface area contributed by atoms with E-state index < -0.39 is 6.10 Å². The van der Waals surface area contributed by atoms with Crippen LogP contribution in [0.2, 0.25) is 0 Å². The van der Waals surface area contributed by atoms with E-state index in [9.17, 15) is 14.4 Å². The Bertz CT molecular complexity index is 1070. The van der Waals surface area contributed by atoms with Gasteiger partial charge in [0.25, 0.3) is 0 Å². The van der Waals surface area contributed by atoms with Gasteiger partial charge in [-0.1, -0.05) is 171 Å². The van der Waals surface area contributed by atoms with Crippen LogP contribution in [0.25, 0.3) is 0 Å². The molecule has 0 rings (SSSR count). The van der Waals surface area contributed by atoms with Gasteiger partial charge in [-0.15, -0.1) is 0 Å². The van der Waals surface area contributed by atoms with Crippen molar-refractivity contribution in [2.24, 2.45) is 0 Å². The highest BCUT2D eigenvalue weighted by molar-refractivity contribution is 5.71. The summed E-state index contributed by atoms with van der Waals surface area (Å²) in [5.41, 5.74) is 0. The Balaban J connectivity index is 4.46. The molecular formula is C49H82O6. The van der Waals surface area contributed by atoms with Crippen LogP contribution in [0.4, 0.5) is 0 Å². The summed E-state index contributed by atoms with van der Waals surface area (Å²) in [7, 11) is 0. The van der Waals surface area contributed by atoms with E-state index in [2.05, 4.69) is 93.7 Å². The van der Waals surface area contributed by atoms with Crippen LogP contribution in [0.1, 0.15) is 201 Å². The molecule has 55 heavy (non-hydrogen) atoms. The Morgan fingerprint density at radius 3 is 1.22 bits per heavy atom. The molecule has 1 atom stereocenters. The van der Waals surface area contributed by atoms with Crippen molar-refractivity contribution in [3.63, 3.8) is 0 Å². The fraction of sp³-hybridized carbons (Fsp3) is 0.694. The third-order valence-corrected chi connectivity index (χ3v) is 9.20. The number of carbonyl (C=O) groups excluding carboxylic acids is 3. The van der Waals surface area contributed by atoms with Gasteiger partial charge in [0.1, 0.15) is 13.2 Å². The van der Waals surface area contributed by atoms with Crippen LogP contribution in [0.3, 0.4) is 0 Å². The molecule has 0 bridgehead atoms. The Labute approximate surface area is 338 Å². The van der Waals surface area contributed by atoms with Gasteiger partial charge in [0.2, 0.25) is 0 Å². The molecule has 6 heteroatoms. The molecule has 0 aliphatic rings. The first kappa shape index (κ1) is 51.9. The molecule has 0 N–H and O–H groups in total. The van der Waals surface area contributed by atoms with Crippen molar-refractivity contribution in [1.29, 1.82) is 0 Å². The van der Waals surface area contributed by atoms with Crippen molar-refractivity contribution >= 4 is 17.9 Å². The van der Waals surface area contributed by atoms with E-state index in [4.69, 9.17) is 14.2 Å². The molecule has 314 valence electrons. The molecule has 0 heterocycles. The molecule has 0 saturated carbocycles. The normalized spacial score (nSPS) is 12.7. The van der Waals surface area contributed by atoms with Gasteiger partial charge in [-0.2, -0.15) is 0 Å². The number of hydrogen-bond acceptors (Lipinski definition) is 6. The van der Waals surface area contributed by atoms with E-state index in [0.717, 1.165) is 77.0 Å². The van der Waals surface area contributed by atoms with Crippen LogP contribution >= 0.6 is 0 Å². The minimum atomic E-state index is -0.805. The largest absolute Gasteiger partial charge is 0.462 e. The second-order valence-corrected chi connectivity index (χ2v) is 14.6. The number of allylic oxidation sites excluding steroid dienone is 12. The molecule has 0 aliphatic carbocycles. The topological polar surface area (TPSA) is 78.9 Å². The Kier molecular flexibility index (Phi) is 41.1. The van der Waals surface area contributed by atoms with Gasteiger partial charge in [-0.3, -0.25) is 14.4 Å². The lowest BCUT2D eigenvalue weighted by Crippen LogP contribution is -2.30. The smallest absolute Gasteiger partial charge is 0.306 e. The van der Waals surface area contributed by atoms with Gasteiger partial charge in [0, 0.05) is 19.3 Å². The molecule has 0 spiro atoms. The summed E-state index contributed by atoms with van der Waals surface area (Å²) in [6, 6.07) is 0. The lowest BCUT2D eigenvalue weighted by molar-refractivity contribution is -0.167. The lowest BCUT2D eigenvalue weighted by Gasteiger charge is -2.18. The zero-order valence-corrected chi connectivity index (χ0v) is 35.7. The summed E-state index contributed by atoms with van der Waals surface area (Å²) in [5.74, 6) is -1.01. The maximum Gasteiger partial charge on any atom is 0.306 e. The average molecular weight is 767 g/mol. The summed E-state index contributed by atoms with van der Waals surface area (Å²) in [6.07, 6.45) is 53.3. The predicted octanol–water partition coefficient (Wildman–Crippen LogP) is 14.3. The third kappa shape index (κ3) is 41.8. The SMILES string of the molecule is CC/C=C\C/C=C\CCCCC(=O)OCC(COC(=O)CCC/C=C\C/C=C\C/C=C\C/C=C\CCCCC)OC(=O)CCCCCCCCCCCCC. The van der Waals surface area contributed by atoms with E-state index in [1.54, 1.807) is 0 Å². The number of rotatable bonds is 39. The van der Waals surface area contributed by atoms with Crippen LogP contribution in [0, 0.1) is 0 Å². The maximum absolute atomic E-state index is 12.7. The highest BCUT2D eigenvalue weighted by atomic mass is 16.6. The van der Waals surface area contributed by atoms with E-state index in [-0.39, 0.29) is 37.5 Å². The standard InChI is InChI=1S/C49H82O6/c1-4-7-10-13-16-19-21-22-23-24-25-26-28-30-33-36-39-42-48(51)54-45-46(44-53-47(50)41-38-35-32-29-18-15-12-9-6-3)55-49(52)43-40-37-34-31-27-20-17-14-11-8-5-2/h9,12,16,18-19,22-23,25-26,29-30,33,46H,4-8,10-11,13-15,17,20-21,24,27-28,31-32,34-45H2,1-3H3/b12-9-,19-16-,23-22-,26-25-,29-18-,33-30-. The van der Waals surface area contributed by atoms with Crippen LogP contribution in [0.5, 0.6) is 0 Å². The van der Waals surface area contributed by atoms with Gasteiger partial charge >= 0.3 is 17.9 Å². The molecule has 0 aromatic carbocycles. The van der Waals surface area contributed by atoms with Gasteiger partial charge in [0.05, 0.1) is 0 Å². The average Bonchev–Trinajstić information content (AvgIpc) is 3.18. The summed E-state index contributed by atoms with van der Waals surface area (Å²) in [6.45, 7) is 6.37. The van der Waals surface area contributed by atoms with E-state index in [1.807, 2.05) is 0 Å². The van der Waals surface area contributed by atoms with Crippen LogP contribution < -0.4 is 0 Å². The number of unbranched alkanes of at least 4 members (excludes halogenated alkanes) is 16. The highest BCUT2D eigenvalue weighted by Crippen LogP contribution is 2.13. The van der Waals surface area contributed by atoms with E-state index in [1.165, 1.54) is 77.0 Å². The summed E-state index contributed by atoms with van der Waals surface area (Å²) in [4.78, 5) is 37.6. The number of ether oxygens (including phenoxy) is 3. The summed E-state index contributed by atoms with van der Waals surface area (Å²) < 4.78 is 16.6. The Morgan fingerprint density at radius 2 is 0.727 bits per heavy atom. The quantitative estimate of drug-likeness (QED) is 0.0268. The Hall–Kier alpha value is -3.15. The molecule has 0 aromatic rings. The Morgan fingerprint density at radius 1 is 0.382 bits per heavy atom. The van der Waals surface area contributed by atoms with Crippen LogP contribution in [-0.2, 0) is 28.6 Å². The molecule has 0 fully saturated rings. The molecule has 1 unspecified atom stereocenters. The molecule has 0 radical (unpaired) electrons. The molecule has 0 amide bonds. The molecule has 0 aliphatic heterocycles. The van der Waals surface area contributed by atoms with Crippen LogP contribution in [-0.4, -0.2) is 37.2 Å². The number of esters is 3. The molecule has 0 aromatic heterocycles. The lowest BCUT2D eigenvalue weighted by atomic mass is 10.1. The fourth-order valence-corrected chi connectivity index (χ4v) is 5.82. The van der Waals surface area contributed by atoms with Crippen molar-refractivity contribution in [2.45, 2.75) is 207 Å². The molecular weight excluding hydrogens is 685 g/mol. The zero-order chi connectivity index (χ0) is 40.1. The number of hydrogen-bond donors (Lipinski definition) is 0. The highest BCUT2D eigenvalue weighted by Gasteiger charge is 2.19. The van der Waals surface area contributed by atoms with E-state index in [0.29, 0.717) is 19.3 Å². The van der Waals surface area contributed by atoms with E-state index >= 15 is 0 Å².